The van der Waals surface area contributed by atoms with Gasteiger partial charge in [0.25, 0.3) is 0 Å². The molecule has 0 radical (unpaired) electrons. The van der Waals surface area contributed by atoms with Gasteiger partial charge in [-0.2, -0.15) is 13.2 Å². The maximum Gasteiger partial charge on any atom is 0.417 e. The van der Waals surface area contributed by atoms with Gasteiger partial charge in [0.05, 0.1) is 23.7 Å². The highest BCUT2D eigenvalue weighted by Crippen LogP contribution is 2.30. The van der Waals surface area contributed by atoms with Gasteiger partial charge in [-0.05, 0) is 0 Å². The van der Waals surface area contributed by atoms with E-state index >= 15 is 0 Å². The van der Waals surface area contributed by atoms with Crippen LogP contribution < -0.4 is 0 Å². The van der Waals surface area contributed by atoms with Crippen LogP contribution in [0.2, 0.25) is 5.15 Å². The van der Waals surface area contributed by atoms with Crippen LogP contribution in [0.3, 0.4) is 0 Å². The van der Waals surface area contributed by atoms with Gasteiger partial charge in [-0.1, -0.05) is 18.2 Å². The Morgan fingerprint density at radius 1 is 1.31 bits per heavy atom. The molecule has 6 heteroatoms. The molecule has 2 nitrogen and oxygen atoms in total. The van der Waals surface area contributed by atoms with E-state index in [0.29, 0.717) is 0 Å². The number of alkyl halides is 3. The number of allylic oxidation sites excluding steroid dienone is 1. The summed E-state index contributed by atoms with van der Waals surface area (Å²) < 4.78 is 36.1. The average Bonchev–Trinajstić information content (AvgIpc) is 2.03. The van der Waals surface area contributed by atoms with E-state index in [0.717, 1.165) is 12.4 Å². The molecule has 1 heterocycles. The first-order chi connectivity index (χ1) is 5.91. The molecule has 0 bridgehead atoms. The van der Waals surface area contributed by atoms with Gasteiger partial charge in [-0.3, -0.25) is 4.98 Å². The van der Waals surface area contributed by atoms with Gasteiger partial charge < -0.3 is 0 Å². The van der Waals surface area contributed by atoms with E-state index in [2.05, 4.69) is 16.5 Å². The lowest BCUT2D eigenvalue weighted by Gasteiger charge is -2.07. The van der Waals surface area contributed by atoms with E-state index in [-0.39, 0.29) is 10.8 Å². The molecule has 1 rings (SSSR count). The molecule has 0 unspecified atom stereocenters. The van der Waals surface area contributed by atoms with E-state index < -0.39 is 11.7 Å². The Morgan fingerprint density at radius 3 is 2.31 bits per heavy atom. The number of rotatable bonds is 1. The largest absolute Gasteiger partial charge is 0.417 e. The fourth-order valence-electron chi connectivity index (χ4n) is 0.613. The summed E-state index contributed by atoms with van der Waals surface area (Å²) in [5.74, 6) is 0. The molecule has 0 saturated heterocycles. The van der Waals surface area contributed by atoms with Crippen molar-refractivity contribution < 1.29 is 13.2 Å². The molecule has 0 amide bonds. The van der Waals surface area contributed by atoms with Gasteiger partial charge in [0.15, 0.2) is 0 Å². The summed E-state index contributed by atoms with van der Waals surface area (Å²) in [5.41, 5.74) is -1.35. The van der Waals surface area contributed by atoms with Gasteiger partial charge in [0.2, 0.25) is 0 Å². The summed E-state index contributed by atoms with van der Waals surface area (Å²) in [4.78, 5) is 6.89. The molecular formula is C7H4ClF3N2. The van der Waals surface area contributed by atoms with E-state index in [1.165, 1.54) is 0 Å². The zero-order valence-electron chi connectivity index (χ0n) is 6.27. The van der Waals surface area contributed by atoms with E-state index in [4.69, 9.17) is 11.6 Å². The van der Waals surface area contributed by atoms with Crippen LogP contribution in [-0.2, 0) is 0 Å². The van der Waals surface area contributed by atoms with E-state index in [1.54, 1.807) is 0 Å². The SMILES string of the molecule is C=C(c1cnc(Cl)cn1)C(F)(F)F. The van der Waals surface area contributed by atoms with Crippen molar-refractivity contribution in [2.45, 2.75) is 6.18 Å². The number of hydrogen-bond acceptors (Lipinski definition) is 2. The molecule has 0 aliphatic carbocycles. The van der Waals surface area contributed by atoms with Crippen LogP contribution in [0.4, 0.5) is 13.2 Å². The molecule has 70 valence electrons. The van der Waals surface area contributed by atoms with Gasteiger partial charge in [-0.15, -0.1) is 0 Å². The molecule has 0 aliphatic heterocycles. The van der Waals surface area contributed by atoms with Crippen molar-refractivity contribution in [3.8, 4) is 0 Å². The molecule has 1 aromatic rings. The lowest BCUT2D eigenvalue weighted by molar-refractivity contribution is -0.0689. The van der Waals surface area contributed by atoms with Crippen LogP contribution in [-0.4, -0.2) is 16.1 Å². The fourth-order valence-corrected chi connectivity index (χ4v) is 0.711. The summed E-state index contributed by atoms with van der Waals surface area (Å²) in [6.07, 6.45) is -2.52. The Balaban J connectivity index is 2.97. The Morgan fingerprint density at radius 2 is 1.92 bits per heavy atom. The maximum atomic E-state index is 12.0. The highest BCUT2D eigenvalue weighted by molar-refractivity contribution is 6.29. The van der Waals surface area contributed by atoms with Crippen molar-refractivity contribution in [2.24, 2.45) is 0 Å². The van der Waals surface area contributed by atoms with Crippen molar-refractivity contribution in [1.29, 1.82) is 0 Å². The minimum Gasteiger partial charge on any atom is -0.251 e. The van der Waals surface area contributed by atoms with Gasteiger partial charge in [-0.25, -0.2) is 4.98 Å². The molecule has 0 fully saturated rings. The lowest BCUT2D eigenvalue weighted by atomic mass is 10.2. The summed E-state index contributed by atoms with van der Waals surface area (Å²) in [7, 11) is 0. The predicted molar refractivity (Wildman–Crippen MR) is 42.1 cm³/mol. The normalized spacial score (nSPS) is 11.4. The highest BCUT2D eigenvalue weighted by Gasteiger charge is 2.33. The first-order valence-electron chi connectivity index (χ1n) is 3.15. The molecular weight excluding hydrogens is 205 g/mol. The first kappa shape index (κ1) is 9.98. The topological polar surface area (TPSA) is 25.8 Å². The zero-order chi connectivity index (χ0) is 10.1. The molecule has 0 N–H and O–H groups in total. The third-order valence-electron chi connectivity index (χ3n) is 1.27. The van der Waals surface area contributed by atoms with Crippen LogP contribution in [0, 0.1) is 0 Å². The molecule has 1 aromatic heterocycles. The second-order valence-corrected chi connectivity index (χ2v) is 2.59. The molecule has 0 spiro atoms. The molecule has 0 saturated carbocycles. The zero-order valence-corrected chi connectivity index (χ0v) is 7.02. The Hall–Kier alpha value is -1.10. The van der Waals surface area contributed by atoms with E-state index in [9.17, 15) is 13.2 Å². The van der Waals surface area contributed by atoms with Crippen molar-refractivity contribution in [1.82, 2.24) is 9.97 Å². The summed E-state index contributed by atoms with van der Waals surface area (Å²) in [5, 5.41) is 0.0405. The van der Waals surface area contributed by atoms with Gasteiger partial charge in [0.1, 0.15) is 5.15 Å². The Kier molecular flexibility index (Phi) is 2.56. The number of nitrogens with zero attached hydrogens (tertiary/aromatic N) is 2. The number of hydrogen-bond donors (Lipinski definition) is 0. The van der Waals surface area contributed by atoms with Crippen molar-refractivity contribution in [2.75, 3.05) is 0 Å². The quantitative estimate of drug-likeness (QED) is 0.709. The second-order valence-electron chi connectivity index (χ2n) is 2.20. The highest BCUT2D eigenvalue weighted by atomic mass is 35.5. The Labute approximate surface area is 77.1 Å². The van der Waals surface area contributed by atoms with Gasteiger partial charge >= 0.3 is 6.18 Å². The average molecular weight is 209 g/mol. The van der Waals surface area contributed by atoms with Crippen LogP contribution >= 0.6 is 11.6 Å². The monoisotopic (exact) mass is 208 g/mol. The fraction of sp³-hybridized carbons (Fsp3) is 0.143. The third kappa shape index (κ3) is 2.42. The molecule has 0 atom stereocenters. The third-order valence-corrected chi connectivity index (χ3v) is 1.47. The summed E-state index contributed by atoms with van der Waals surface area (Å²) in [6, 6.07) is 0. The first-order valence-corrected chi connectivity index (χ1v) is 3.53. The molecule has 0 aliphatic rings. The smallest absolute Gasteiger partial charge is 0.251 e. The second kappa shape index (κ2) is 3.33. The van der Waals surface area contributed by atoms with Crippen molar-refractivity contribution in [3.63, 3.8) is 0 Å². The lowest BCUT2D eigenvalue weighted by Crippen LogP contribution is -2.10. The summed E-state index contributed by atoms with van der Waals surface area (Å²) in [6.45, 7) is 2.86. The van der Waals surface area contributed by atoms with Crippen LogP contribution in [0.5, 0.6) is 0 Å². The summed E-state index contributed by atoms with van der Waals surface area (Å²) >= 11 is 5.35. The van der Waals surface area contributed by atoms with Crippen molar-refractivity contribution >= 4 is 17.2 Å². The van der Waals surface area contributed by atoms with Crippen LogP contribution in [0.25, 0.3) is 5.57 Å². The minimum atomic E-state index is -4.48. The number of halogens is 4. The standard InChI is InChI=1S/C7H4ClF3N2/c1-4(7(9,10)11)5-2-13-6(8)3-12-5/h2-3H,1H2. The number of aromatic nitrogens is 2. The molecule has 13 heavy (non-hydrogen) atoms. The Bertz CT molecular complexity index is 318. The maximum absolute atomic E-state index is 12.0. The van der Waals surface area contributed by atoms with Crippen LogP contribution in [0.15, 0.2) is 19.0 Å². The van der Waals surface area contributed by atoms with Gasteiger partial charge in [0, 0.05) is 0 Å². The molecule has 0 aromatic carbocycles. The van der Waals surface area contributed by atoms with Crippen molar-refractivity contribution in [3.05, 3.63) is 29.8 Å². The van der Waals surface area contributed by atoms with E-state index in [1.807, 2.05) is 0 Å². The predicted octanol–water partition coefficient (Wildman–Crippen LogP) is 2.71. The van der Waals surface area contributed by atoms with Crippen LogP contribution in [0.1, 0.15) is 5.69 Å². The minimum absolute atomic E-state index is 0.0405.